The summed E-state index contributed by atoms with van der Waals surface area (Å²) < 4.78 is 0.770. The van der Waals surface area contributed by atoms with Crippen LogP contribution in [0.4, 0.5) is 0 Å². The Hall–Kier alpha value is -0.290. The van der Waals surface area contributed by atoms with Crippen LogP contribution in [0.5, 0.6) is 0 Å². The average molecular weight is 220 g/mol. The van der Waals surface area contributed by atoms with E-state index in [4.69, 9.17) is 12.2 Å². The lowest BCUT2D eigenvalue weighted by molar-refractivity contribution is -0.305. The Morgan fingerprint density at radius 1 is 1.46 bits per heavy atom. The summed E-state index contributed by atoms with van der Waals surface area (Å²) in [6, 6.07) is 0. The first-order valence-electron chi connectivity index (χ1n) is 4.23. The quantitative estimate of drug-likeness (QED) is 0.631. The third-order valence-corrected chi connectivity index (χ3v) is 3.08. The number of hydrogen-bond acceptors (Lipinski definition) is 4. The van der Waals surface area contributed by atoms with Gasteiger partial charge in [-0.25, -0.2) is 0 Å². The number of carbonyl (C=O) groups excluding carboxylic acids is 1. The highest BCUT2D eigenvalue weighted by Crippen LogP contribution is 2.09. The fourth-order valence-corrected chi connectivity index (χ4v) is 2.19. The Morgan fingerprint density at radius 2 is 2.00 bits per heavy atom. The molecule has 0 saturated carbocycles. The summed E-state index contributed by atoms with van der Waals surface area (Å²) >= 11 is 6.50. The Morgan fingerprint density at radius 3 is 2.38 bits per heavy atom. The van der Waals surface area contributed by atoms with Gasteiger partial charge >= 0.3 is 0 Å². The van der Waals surface area contributed by atoms with Crippen LogP contribution < -0.4 is 5.11 Å². The number of carboxylic acid groups (broad SMARTS) is 1. The highest BCUT2D eigenvalue weighted by atomic mass is 32.2. The minimum atomic E-state index is -1.02. The van der Waals surface area contributed by atoms with Crippen molar-refractivity contribution in [1.29, 1.82) is 0 Å². The highest BCUT2D eigenvalue weighted by molar-refractivity contribution is 8.22. The molecule has 0 rings (SSSR count). The van der Waals surface area contributed by atoms with E-state index in [0.29, 0.717) is 5.75 Å². The zero-order valence-electron chi connectivity index (χ0n) is 7.91. The number of aliphatic carboxylic acids is 1. The second kappa shape index (κ2) is 7.15. The molecule has 0 bridgehead atoms. The van der Waals surface area contributed by atoms with Gasteiger partial charge in [-0.2, -0.15) is 0 Å². The van der Waals surface area contributed by atoms with Gasteiger partial charge < -0.3 is 14.8 Å². The van der Waals surface area contributed by atoms with Gasteiger partial charge in [0.15, 0.2) is 0 Å². The minimum absolute atomic E-state index is 0.0616. The van der Waals surface area contributed by atoms with Crippen molar-refractivity contribution in [3.63, 3.8) is 0 Å². The molecular weight excluding hydrogens is 206 g/mol. The molecule has 0 aliphatic carbocycles. The molecule has 0 aliphatic heterocycles. The second-order valence-electron chi connectivity index (χ2n) is 2.41. The van der Waals surface area contributed by atoms with Gasteiger partial charge in [0.25, 0.3) is 0 Å². The average Bonchev–Trinajstić information content (AvgIpc) is 2.05. The molecule has 0 aromatic heterocycles. The number of nitrogens with zero attached hydrogens (tertiary/aromatic N) is 1. The lowest BCUT2D eigenvalue weighted by atomic mass is 10.5. The number of carbonyl (C=O) groups is 1. The van der Waals surface area contributed by atoms with Crippen molar-refractivity contribution in [2.24, 2.45) is 0 Å². The number of rotatable bonds is 5. The maximum Gasteiger partial charge on any atom is 0.136 e. The third-order valence-electron chi connectivity index (χ3n) is 1.55. The van der Waals surface area contributed by atoms with Crippen LogP contribution in [0, 0.1) is 0 Å². The Labute approximate surface area is 88.5 Å². The van der Waals surface area contributed by atoms with Gasteiger partial charge in [-0.1, -0.05) is 24.0 Å². The molecule has 0 spiro atoms. The summed E-state index contributed by atoms with van der Waals surface area (Å²) in [6.07, 6.45) is 0.0616. The molecule has 5 heteroatoms. The van der Waals surface area contributed by atoms with Crippen LogP contribution >= 0.6 is 24.0 Å². The first kappa shape index (κ1) is 12.7. The molecule has 13 heavy (non-hydrogen) atoms. The van der Waals surface area contributed by atoms with Crippen LogP contribution in [0.15, 0.2) is 0 Å². The van der Waals surface area contributed by atoms with E-state index < -0.39 is 5.97 Å². The lowest BCUT2D eigenvalue weighted by Crippen LogP contribution is -2.28. The first-order chi connectivity index (χ1) is 6.11. The summed E-state index contributed by atoms with van der Waals surface area (Å²) in [5.74, 6) is -0.521. The predicted octanol–water partition coefficient (Wildman–Crippen LogP) is 0.486. The van der Waals surface area contributed by atoms with Crippen LogP contribution in [0.2, 0.25) is 0 Å². The smallest absolute Gasteiger partial charge is 0.136 e. The van der Waals surface area contributed by atoms with Crippen molar-refractivity contribution < 1.29 is 9.90 Å². The third kappa shape index (κ3) is 5.87. The van der Waals surface area contributed by atoms with Crippen molar-refractivity contribution in [2.45, 2.75) is 20.3 Å². The highest BCUT2D eigenvalue weighted by Gasteiger charge is 2.04. The molecule has 0 fully saturated rings. The van der Waals surface area contributed by atoms with Gasteiger partial charge in [-0.15, -0.1) is 0 Å². The molecule has 76 valence electrons. The van der Waals surface area contributed by atoms with E-state index in [2.05, 4.69) is 0 Å². The van der Waals surface area contributed by atoms with E-state index in [1.807, 2.05) is 18.7 Å². The molecule has 0 aliphatic rings. The number of thioether (sulfide) groups is 1. The number of thiocarbonyl (C=S) groups is 1. The van der Waals surface area contributed by atoms with Crippen molar-refractivity contribution in [1.82, 2.24) is 4.90 Å². The molecule has 0 radical (unpaired) electrons. The van der Waals surface area contributed by atoms with Gasteiger partial charge in [0.1, 0.15) is 4.32 Å². The van der Waals surface area contributed by atoms with Crippen molar-refractivity contribution in [2.75, 3.05) is 18.8 Å². The molecule has 0 atom stereocenters. The van der Waals surface area contributed by atoms with Crippen LogP contribution in [-0.4, -0.2) is 34.0 Å². The zero-order chi connectivity index (χ0) is 10.3. The van der Waals surface area contributed by atoms with E-state index in [1.165, 1.54) is 11.8 Å². The van der Waals surface area contributed by atoms with E-state index >= 15 is 0 Å². The lowest BCUT2D eigenvalue weighted by Gasteiger charge is -2.20. The molecule has 0 unspecified atom stereocenters. The summed E-state index contributed by atoms with van der Waals surface area (Å²) in [6.45, 7) is 5.78. The summed E-state index contributed by atoms with van der Waals surface area (Å²) in [5.41, 5.74) is 0. The standard InChI is InChI=1S/C8H15NO2S2/c1-3-9(4-2)8(12)13-6-5-7(10)11/h3-6H2,1-2H3,(H,10,11)/p-1. The topological polar surface area (TPSA) is 43.4 Å². The van der Waals surface area contributed by atoms with E-state index in [1.54, 1.807) is 0 Å². The maximum atomic E-state index is 10.1. The van der Waals surface area contributed by atoms with Crippen LogP contribution in [0.3, 0.4) is 0 Å². The minimum Gasteiger partial charge on any atom is -0.550 e. The molecular formula is C8H14NO2S2-. The maximum absolute atomic E-state index is 10.1. The van der Waals surface area contributed by atoms with Crippen molar-refractivity contribution >= 4 is 34.3 Å². The fraction of sp³-hybridized carbons (Fsp3) is 0.750. The van der Waals surface area contributed by atoms with Crippen LogP contribution in [0.25, 0.3) is 0 Å². The largest absolute Gasteiger partial charge is 0.550 e. The summed E-state index contributed by atoms with van der Waals surface area (Å²) in [7, 11) is 0. The van der Waals surface area contributed by atoms with Crippen LogP contribution in [0.1, 0.15) is 20.3 Å². The van der Waals surface area contributed by atoms with Gasteiger partial charge in [0, 0.05) is 24.8 Å². The molecule has 3 nitrogen and oxygen atoms in total. The predicted molar refractivity (Wildman–Crippen MR) is 57.6 cm³/mol. The van der Waals surface area contributed by atoms with Gasteiger partial charge in [0.05, 0.1) is 0 Å². The first-order valence-corrected chi connectivity index (χ1v) is 5.62. The van der Waals surface area contributed by atoms with E-state index in [-0.39, 0.29) is 6.42 Å². The fourth-order valence-electron chi connectivity index (χ4n) is 0.795. The van der Waals surface area contributed by atoms with E-state index in [9.17, 15) is 9.90 Å². The Kier molecular flexibility index (Phi) is 6.99. The van der Waals surface area contributed by atoms with Gasteiger partial charge in [-0.3, -0.25) is 0 Å². The molecule has 0 aromatic carbocycles. The van der Waals surface area contributed by atoms with Crippen molar-refractivity contribution in [3.05, 3.63) is 0 Å². The zero-order valence-corrected chi connectivity index (χ0v) is 9.54. The van der Waals surface area contributed by atoms with Gasteiger partial charge in [0.2, 0.25) is 0 Å². The summed E-state index contributed by atoms with van der Waals surface area (Å²) in [4.78, 5) is 12.1. The Bertz CT molecular complexity index is 181. The Balaban J connectivity index is 3.66. The van der Waals surface area contributed by atoms with Gasteiger partial charge in [-0.05, 0) is 20.3 Å². The molecule has 0 saturated heterocycles. The molecule has 0 N–H and O–H groups in total. The monoisotopic (exact) mass is 220 g/mol. The van der Waals surface area contributed by atoms with Crippen LogP contribution in [-0.2, 0) is 4.79 Å². The normalized spacial score (nSPS) is 9.69. The summed E-state index contributed by atoms with van der Waals surface area (Å²) in [5, 5.41) is 10.1. The molecule has 0 amide bonds. The van der Waals surface area contributed by atoms with E-state index in [0.717, 1.165) is 17.4 Å². The molecule has 0 aromatic rings. The van der Waals surface area contributed by atoms with Crippen molar-refractivity contribution in [3.8, 4) is 0 Å². The second-order valence-corrected chi connectivity index (χ2v) is 4.14. The number of carboxylic acids is 1. The molecule has 0 heterocycles. The SMILES string of the molecule is CCN(CC)C(=S)SCCC(=O)[O-]. The number of hydrogen-bond donors (Lipinski definition) is 0.